The van der Waals surface area contributed by atoms with Crippen molar-refractivity contribution in [2.75, 3.05) is 13.7 Å². The Bertz CT molecular complexity index is 534. The minimum absolute atomic E-state index is 0.332. The zero-order valence-electron chi connectivity index (χ0n) is 15.1. The molecule has 0 unspecified atom stereocenters. The lowest BCUT2D eigenvalue weighted by molar-refractivity contribution is -0.168. The average Bonchev–Trinajstić information content (AvgIpc) is 2.60. The molecule has 5 heteroatoms. The van der Waals surface area contributed by atoms with E-state index in [0.717, 1.165) is 19.3 Å². The van der Waals surface area contributed by atoms with Gasteiger partial charge >= 0.3 is 11.9 Å². The second kappa shape index (κ2) is 9.96. The zero-order valence-corrected chi connectivity index (χ0v) is 15.1. The van der Waals surface area contributed by atoms with Crippen LogP contribution in [0.4, 0.5) is 0 Å². The molecule has 0 heterocycles. The summed E-state index contributed by atoms with van der Waals surface area (Å²) in [5.74, 6) is -0.150. The molecular formula is C19H28O5. The molecule has 0 spiro atoms. The molecular weight excluding hydrogens is 308 g/mol. The van der Waals surface area contributed by atoms with Gasteiger partial charge in [-0.1, -0.05) is 39.7 Å². The third kappa shape index (κ3) is 4.98. The third-order valence-electron chi connectivity index (χ3n) is 4.22. The maximum atomic E-state index is 12.7. The number of carbonyl (C=O) groups excluding carboxylic acids is 2. The van der Waals surface area contributed by atoms with E-state index in [-0.39, 0.29) is 0 Å². The van der Waals surface area contributed by atoms with Crippen molar-refractivity contribution in [1.82, 2.24) is 0 Å². The molecule has 0 bridgehead atoms. The molecule has 0 fully saturated rings. The summed E-state index contributed by atoms with van der Waals surface area (Å²) in [5.41, 5.74) is -1.27. The summed E-state index contributed by atoms with van der Waals surface area (Å²) >= 11 is 0. The predicted octanol–water partition coefficient (Wildman–Crippen LogP) is 4.14. The Balaban J connectivity index is 2.83. The monoisotopic (exact) mass is 336 g/mol. The van der Waals surface area contributed by atoms with E-state index in [2.05, 4.69) is 6.92 Å². The molecule has 0 amide bonds. The number of rotatable bonds is 10. The fourth-order valence-corrected chi connectivity index (χ4v) is 2.44. The average molecular weight is 336 g/mol. The van der Waals surface area contributed by atoms with Crippen LogP contribution in [-0.2, 0) is 14.3 Å². The van der Waals surface area contributed by atoms with Gasteiger partial charge in [0.2, 0.25) is 0 Å². The van der Waals surface area contributed by atoms with E-state index < -0.39 is 17.4 Å². The fraction of sp³-hybridized carbons (Fsp3) is 0.579. The van der Waals surface area contributed by atoms with E-state index in [4.69, 9.17) is 14.2 Å². The maximum absolute atomic E-state index is 12.7. The summed E-state index contributed by atoms with van der Waals surface area (Å²) in [6.07, 6.45) is 3.50. The van der Waals surface area contributed by atoms with Crippen molar-refractivity contribution >= 4 is 11.9 Å². The molecule has 0 atom stereocenters. The fourth-order valence-electron chi connectivity index (χ4n) is 2.44. The second-order valence-corrected chi connectivity index (χ2v) is 5.70. The van der Waals surface area contributed by atoms with Crippen molar-refractivity contribution in [2.24, 2.45) is 5.41 Å². The molecule has 1 aromatic carbocycles. The van der Waals surface area contributed by atoms with Crippen LogP contribution in [0.3, 0.4) is 0 Å². The molecule has 1 aromatic rings. The molecule has 0 aromatic heterocycles. The van der Waals surface area contributed by atoms with E-state index >= 15 is 0 Å². The summed E-state index contributed by atoms with van der Waals surface area (Å²) in [5, 5.41) is 0. The lowest BCUT2D eigenvalue weighted by Crippen LogP contribution is -2.42. The SMILES string of the molecule is CCCCCOC(=O)C(CC)(CC)C(=O)Oc1cccc(OC)c1. The van der Waals surface area contributed by atoms with Gasteiger partial charge in [-0.25, -0.2) is 0 Å². The van der Waals surface area contributed by atoms with Gasteiger partial charge in [-0.05, 0) is 31.4 Å². The minimum atomic E-state index is -1.27. The highest BCUT2D eigenvalue weighted by molar-refractivity contribution is 6.00. The Morgan fingerprint density at radius 2 is 1.67 bits per heavy atom. The second-order valence-electron chi connectivity index (χ2n) is 5.70. The zero-order chi connectivity index (χ0) is 18.0. The molecule has 0 N–H and O–H groups in total. The van der Waals surface area contributed by atoms with E-state index in [1.54, 1.807) is 38.1 Å². The highest BCUT2D eigenvalue weighted by Gasteiger charge is 2.46. The number of hydrogen-bond acceptors (Lipinski definition) is 5. The first-order valence-electron chi connectivity index (χ1n) is 8.57. The molecule has 24 heavy (non-hydrogen) atoms. The summed E-state index contributed by atoms with van der Waals surface area (Å²) in [4.78, 5) is 25.2. The number of benzene rings is 1. The van der Waals surface area contributed by atoms with Gasteiger partial charge in [-0.15, -0.1) is 0 Å². The smallest absolute Gasteiger partial charge is 0.328 e. The van der Waals surface area contributed by atoms with Crippen LogP contribution in [0.2, 0.25) is 0 Å². The lowest BCUT2D eigenvalue weighted by atomic mass is 9.82. The predicted molar refractivity (Wildman–Crippen MR) is 92.1 cm³/mol. The van der Waals surface area contributed by atoms with Crippen molar-refractivity contribution < 1.29 is 23.8 Å². The molecule has 0 radical (unpaired) electrons. The number of hydrogen-bond donors (Lipinski definition) is 0. The van der Waals surface area contributed by atoms with Crippen molar-refractivity contribution in [2.45, 2.75) is 52.9 Å². The number of ether oxygens (including phenoxy) is 3. The van der Waals surface area contributed by atoms with Crippen LogP contribution in [0.1, 0.15) is 52.9 Å². The number of unbranched alkanes of at least 4 members (excludes halogenated alkanes) is 2. The molecule has 0 aliphatic rings. The molecule has 0 saturated heterocycles. The molecule has 5 nitrogen and oxygen atoms in total. The summed E-state index contributed by atoms with van der Waals surface area (Å²) in [6.45, 7) is 6.00. The summed E-state index contributed by atoms with van der Waals surface area (Å²) in [7, 11) is 1.54. The van der Waals surface area contributed by atoms with Crippen LogP contribution < -0.4 is 9.47 Å². The van der Waals surface area contributed by atoms with Crippen molar-refractivity contribution in [3.05, 3.63) is 24.3 Å². The molecule has 0 aliphatic carbocycles. The maximum Gasteiger partial charge on any atom is 0.328 e. The molecule has 0 aliphatic heterocycles. The van der Waals surface area contributed by atoms with Gasteiger partial charge in [-0.3, -0.25) is 9.59 Å². The van der Waals surface area contributed by atoms with Gasteiger partial charge in [0.15, 0.2) is 5.41 Å². The molecule has 134 valence electrons. The summed E-state index contributed by atoms with van der Waals surface area (Å²) in [6, 6.07) is 6.75. The summed E-state index contributed by atoms with van der Waals surface area (Å²) < 4.78 is 15.9. The van der Waals surface area contributed by atoms with Crippen LogP contribution in [-0.4, -0.2) is 25.7 Å². The van der Waals surface area contributed by atoms with Gasteiger partial charge in [0.05, 0.1) is 13.7 Å². The largest absolute Gasteiger partial charge is 0.497 e. The van der Waals surface area contributed by atoms with Gasteiger partial charge in [0, 0.05) is 6.07 Å². The highest BCUT2D eigenvalue weighted by Crippen LogP contribution is 2.31. The first kappa shape index (κ1) is 20.0. The van der Waals surface area contributed by atoms with E-state index in [0.29, 0.717) is 30.9 Å². The quantitative estimate of drug-likeness (QED) is 0.278. The Morgan fingerprint density at radius 3 is 2.25 bits per heavy atom. The Hall–Kier alpha value is -2.04. The number of methoxy groups -OCH3 is 1. The molecule has 1 rings (SSSR count). The normalized spacial score (nSPS) is 11.0. The van der Waals surface area contributed by atoms with Crippen LogP contribution >= 0.6 is 0 Å². The highest BCUT2D eigenvalue weighted by atomic mass is 16.6. The molecule has 0 saturated carbocycles. The van der Waals surface area contributed by atoms with Gasteiger partial charge in [0.25, 0.3) is 0 Å². The van der Waals surface area contributed by atoms with E-state index in [1.165, 1.54) is 7.11 Å². The number of carbonyl (C=O) groups is 2. The van der Waals surface area contributed by atoms with Crippen LogP contribution in [0.25, 0.3) is 0 Å². The Labute approximate surface area is 144 Å². The van der Waals surface area contributed by atoms with Gasteiger partial charge < -0.3 is 14.2 Å². The van der Waals surface area contributed by atoms with Crippen molar-refractivity contribution in [1.29, 1.82) is 0 Å². The van der Waals surface area contributed by atoms with Crippen molar-refractivity contribution in [3.8, 4) is 11.5 Å². The van der Waals surface area contributed by atoms with Crippen molar-refractivity contribution in [3.63, 3.8) is 0 Å². The Kier molecular flexibility index (Phi) is 8.30. The minimum Gasteiger partial charge on any atom is -0.497 e. The lowest BCUT2D eigenvalue weighted by Gasteiger charge is -2.26. The standard InChI is InChI=1S/C19H28O5/c1-5-8-9-13-23-17(20)19(6-2,7-3)18(21)24-16-12-10-11-15(14-16)22-4/h10-12,14H,5-9,13H2,1-4H3. The van der Waals surface area contributed by atoms with Gasteiger partial charge in [0.1, 0.15) is 11.5 Å². The van der Waals surface area contributed by atoms with Crippen LogP contribution in [0.15, 0.2) is 24.3 Å². The third-order valence-corrected chi connectivity index (χ3v) is 4.22. The van der Waals surface area contributed by atoms with Crippen LogP contribution in [0, 0.1) is 5.41 Å². The number of esters is 2. The van der Waals surface area contributed by atoms with E-state index in [9.17, 15) is 9.59 Å². The Morgan fingerprint density at radius 1 is 1.00 bits per heavy atom. The first-order valence-corrected chi connectivity index (χ1v) is 8.57. The van der Waals surface area contributed by atoms with Crippen LogP contribution in [0.5, 0.6) is 11.5 Å². The van der Waals surface area contributed by atoms with Gasteiger partial charge in [-0.2, -0.15) is 0 Å². The van der Waals surface area contributed by atoms with E-state index in [1.807, 2.05) is 0 Å². The first-order chi connectivity index (χ1) is 11.5. The topological polar surface area (TPSA) is 61.8 Å².